The fraction of sp³-hybridized carbons (Fsp3) is 0.182. The molecule has 6 heteroatoms. The molecule has 0 saturated carbocycles. The van der Waals surface area contributed by atoms with Crippen molar-refractivity contribution in [1.29, 1.82) is 0 Å². The second kappa shape index (κ2) is 9.08. The molecular weight excluding hydrogens is 358 g/mol. The Labute approximate surface area is 163 Å². The molecule has 0 amide bonds. The van der Waals surface area contributed by atoms with Crippen molar-refractivity contribution in [2.24, 2.45) is 4.99 Å². The van der Waals surface area contributed by atoms with Crippen LogP contribution < -0.4 is 10.6 Å². The fourth-order valence-electron chi connectivity index (χ4n) is 2.82. The van der Waals surface area contributed by atoms with Crippen molar-refractivity contribution in [1.82, 2.24) is 15.6 Å². The maximum Gasteiger partial charge on any atom is 0.191 e. The summed E-state index contributed by atoms with van der Waals surface area (Å²) in [5.41, 5.74) is 3.67. The van der Waals surface area contributed by atoms with Gasteiger partial charge in [0.2, 0.25) is 0 Å². The van der Waals surface area contributed by atoms with Crippen molar-refractivity contribution in [3.8, 4) is 11.3 Å². The van der Waals surface area contributed by atoms with Gasteiger partial charge in [-0.1, -0.05) is 30.3 Å². The minimum absolute atomic E-state index is 0.235. The number of aromatic nitrogens is 1. The first kappa shape index (κ1) is 19.5. The normalized spacial score (nSPS) is 12.5. The molecular formula is C22H22F2N4. The van der Waals surface area contributed by atoms with Gasteiger partial charge < -0.3 is 10.6 Å². The molecule has 4 nitrogen and oxygen atoms in total. The van der Waals surface area contributed by atoms with Crippen LogP contribution in [0.4, 0.5) is 8.78 Å². The first-order valence-electron chi connectivity index (χ1n) is 8.99. The van der Waals surface area contributed by atoms with Gasteiger partial charge in [0.05, 0.1) is 11.7 Å². The Morgan fingerprint density at radius 3 is 2.61 bits per heavy atom. The average Bonchev–Trinajstić information content (AvgIpc) is 2.73. The van der Waals surface area contributed by atoms with E-state index in [4.69, 9.17) is 0 Å². The summed E-state index contributed by atoms with van der Waals surface area (Å²) in [5.74, 6) is -1.15. The average molecular weight is 380 g/mol. The number of halogens is 2. The second-order valence-electron chi connectivity index (χ2n) is 6.38. The molecule has 3 rings (SSSR count). The summed E-state index contributed by atoms with van der Waals surface area (Å²) in [5, 5.41) is 6.43. The van der Waals surface area contributed by atoms with Crippen molar-refractivity contribution >= 4 is 5.96 Å². The molecule has 0 aliphatic rings. The number of hydrogen-bond donors (Lipinski definition) is 2. The quantitative estimate of drug-likeness (QED) is 0.508. The summed E-state index contributed by atoms with van der Waals surface area (Å²) >= 11 is 0. The molecule has 0 fully saturated rings. The van der Waals surface area contributed by atoms with Gasteiger partial charge >= 0.3 is 0 Å². The third kappa shape index (κ3) is 4.91. The monoisotopic (exact) mass is 380 g/mol. The van der Waals surface area contributed by atoms with Crippen molar-refractivity contribution in [2.75, 3.05) is 7.05 Å². The van der Waals surface area contributed by atoms with Crippen molar-refractivity contribution in [3.05, 3.63) is 89.6 Å². The predicted molar refractivity (Wildman–Crippen MR) is 108 cm³/mol. The topological polar surface area (TPSA) is 49.3 Å². The van der Waals surface area contributed by atoms with Gasteiger partial charge in [-0.05, 0) is 48.4 Å². The van der Waals surface area contributed by atoms with Crippen LogP contribution in [0.1, 0.15) is 24.1 Å². The van der Waals surface area contributed by atoms with Gasteiger partial charge in [0, 0.05) is 25.4 Å². The van der Waals surface area contributed by atoms with E-state index in [1.165, 1.54) is 6.07 Å². The largest absolute Gasteiger partial charge is 0.352 e. The zero-order valence-corrected chi connectivity index (χ0v) is 15.8. The lowest BCUT2D eigenvalue weighted by Crippen LogP contribution is -2.38. The van der Waals surface area contributed by atoms with E-state index in [-0.39, 0.29) is 6.04 Å². The van der Waals surface area contributed by atoms with E-state index in [9.17, 15) is 8.78 Å². The van der Waals surface area contributed by atoms with Crippen LogP contribution in [-0.2, 0) is 6.54 Å². The molecule has 144 valence electrons. The van der Waals surface area contributed by atoms with Crippen LogP contribution in [0, 0.1) is 11.6 Å². The molecule has 0 bridgehead atoms. The van der Waals surface area contributed by atoms with Crippen molar-refractivity contribution in [2.45, 2.75) is 19.5 Å². The predicted octanol–water partition coefficient (Wildman–Crippen LogP) is 4.45. The number of pyridine rings is 1. The van der Waals surface area contributed by atoms with E-state index in [2.05, 4.69) is 26.7 Å². The summed E-state index contributed by atoms with van der Waals surface area (Å²) < 4.78 is 26.6. The van der Waals surface area contributed by atoms with E-state index in [1.54, 1.807) is 19.3 Å². The smallest absolute Gasteiger partial charge is 0.191 e. The van der Waals surface area contributed by atoms with Gasteiger partial charge in [0.25, 0.3) is 0 Å². The number of aliphatic imine (C=N–C) groups is 1. The summed E-state index contributed by atoms with van der Waals surface area (Å²) in [6, 6.07) is 17.5. The van der Waals surface area contributed by atoms with E-state index in [0.717, 1.165) is 22.9 Å². The Balaban J connectivity index is 1.63. The van der Waals surface area contributed by atoms with Crippen LogP contribution in [0.3, 0.4) is 0 Å². The van der Waals surface area contributed by atoms with Crippen LogP contribution in [0.2, 0.25) is 0 Å². The number of rotatable bonds is 5. The lowest BCUT2D eigenvalue weighted by Gasteiger charge is -2.18. The van der Waals surface area contributed by atoms with E-state index in [0.29, 0.717) is 18.1 Å². The first-order chi connectivity index (χ1) is 13.6. The molecule has 2 N–H and O–H groups in total. The lowest BCUT2D eigenvalue weighted by molar-refractivity contribution is 0.504. The number of nitrogens with zero attached hydrogens (tertiary/aromatic N) is 2. The van der Waals surface area contributed by atoms with Crippen molar-refractivity contribution in [3.63, 3.8) is 0 Å². The highest BCUT2D eigenvalue weighted by Crippen LogP contribution is 2.18. The summed E-state index contributed by atoms with van der Waals surface area (Å²) in [4.78, 5) is 8.58. The Morgan fingerprint density at radius 1 is 1.04 bits per heavy atom. The molecule has 3 aromatic rings. The first-order valence-corrected chi connectivity index (χ1v) is 8.99. The van der Waals surface area contributed by atoms with Gasteiger partial charge in [0.1, 0.15) is 0 Å². The number of hydrogen-bond acceptors (Lipinski definition) is 2. The number of guanidine groups is 1. The zero-order chi connectivity index (χ0) is 19.9. The maximum absolute atomic E-state index is 13.5. The highest BCUT2D eigenvalue weighted by atomic mass is 19.2. The fourth-order valence-corrected chi connectivity index (χ4v) is 2.82. The van der Waals surface area contributed by atoms with Crippen LogP contribution >= 0.6 is 0 Å². The summed E-state index contributed by atoms with van der Waals surface area (Å²) in [6.07, 6.45) is 1.77. The molecule has 0 aliphatic heterocycles. The minimum atomic E-state index is -0.861. The minimum Gasteiger partial charge on any atom is -0.352 e. The van der Waals surface area contributed by atoms with E-state index >= 15 is 0 Å². The summed E-state index contributed by atoms with van der Waals surface area (Å²) in [7, 11) is 1.66. The van der Waals surface area contributed by atoms with Gasteiger partial charge in [-0.15, -0.1) is 0 Å². The third-order valence-corrected chi connectivity index (χ3v) is 4.37. The van der Waals surface area contributed by atoms with Crippen LogP contribution in [0.5, 0.6) is 0 Å². The van der Waals surface area contributed by atoms with Crippen LogP contribution in [0.25, 0.3) is 11.3 Å². The molecule has 0 saturated heterocycles. The van der Waals surface area contributed by atoms with Gasteiger partial charge in [-0.3, -0.25) is 9.98 Å². The van der Waals surface area contributed by atoms with Crippen LogP contribution in [-0.4, -0.2) is 18.0 Å². The second-order valence-corrected chi connectivity index (χ2v) is 6.38. The Hall–Kier alpha value is -3.28. The zero-order valence-electron chi connectivity index (χ0n) is 15.8. The molecule has 2 aromatic carbocycles. The van der Waals surface area contributed by atoms with E-state index < -0.39 is 11.6 Å². The molecule has 28 heavy (non-hydrogen) atoms. The Bertz CT molecular complexity index is 958. The number of nitrogens with one attached hydrogen (secondary N) is 2. The maximum atomic E-state index is 13.5. The molecule has 1 unspecified atom stereocenters. The molecule has 1 heterocycles. The molecule has 0 aliphatic carbocycles. The van der Waals surface area contributed by atoms with Gasteiger partial charge in [0.15, 0.2) is 17.6 Å². The van der Waals surface area contributed by atoms with E-state index in [1.807, 2.05) is 43.3 Å². The third-order valence-electron chi connectivity index (χ3n) is 4.37. The standard InChI is InChI=1S/C22H22F2N4/c1-15(17-9-10-19(23)20(24)13-17)28-22(25-2)27-14-16-6-5-7-18(12-16)21-8-3-4-11-26-21/h3-13,15H,14H2,1-2H3,(H2,25,27,28). The van der Waals surface area contributed by atoms with Crippen molar-refractivity contribution < 1.29 is 8.78 Å². The highest BCUT2D eigenvalue weighted by Gasteiger charge is 2.11. The van der Waals surface area contributed by atoms with Gasteiger partial charge in [-0.2, -0.15) is 0 Å². The molecule has 1 aromatic heterocycles. The molecule has 0 spiro atoms. The Morgan fingerprint density at radius 2 is 1.89 bits per heavy atom. The van der Waals surface area contributed by atoms with Crippen LogP contribution in [0.15, 0.2) is 71.9 Å². The number of benzene rings is 2. The SMILES string of the molecule is CN=C(NCc1cccc(-c2ccccn2)c1)NC(C)c1ccc(F)c(F)c1. The van der Waals surface area contributed by atoms with Gasteiger partial charge in [-0.25, -0.2) is 8.78 Å². The Kier molecular flexibility index (Phi) is 6.32. The molecule has 1 atom stereocenters. The summed E-state index contributed by atoms with van der Waals surface area (Å²) in [6.45, 7) is 2.42. The molecule has 0 radical (unpaired) electrons. The highest BCUT2D eigenvalue weighted by molar-refractivity contribution is 5.80. The lowest BCUT2D eigenvalue weighted by atomic mass is 10.1.